The van der Waals surface area contributed by atoms with E-state index in [1.165, 1.54) is 6.92 Å². The summed E-state index contributed by atoms with van der Waals surface area (Å²) in [5, 5.41) is 21.7. The summed E-state index contributed by atoms with van der Waals surface area (Å²) >= 11 is 0. The lowest BCUT2D eigenvalue weighted by Gasteiger charge is -2.13. The van der Waals surface area contributed by atoms with Gasteiger partial charge in [0.25, 0.3) is 5.69 Å². The lowest BCUT2D eigenvalue weighted by atomic mass is 10.2. The summed E-state index contributed by atoms with van der Waals surface area (Å²) in [5.74, 6) is -2.51. The van der Waals surface area contributed by atoms with Crippen LogP contribution in [0.2, 0.25) is 0 Å². The monoisotopic (exact) mass is 232 g/mol. The highest BCUT2D eigenvalue weighted by atomic mass is 19.2. The molecular weight excluding hydrogens is 222 g/mol. The number of benzene rings is 1. The van der Waals surface area contributed by atoms with Gasteiger partial charge in [-0.2, -0.15) is 0 Å². The van der Waals surface area contributed by atoms with Gasteiger partial charge in [-0.15, -0.1) is 0 Å². The van der Waals surface area contributed by atoms with Crippen LogP contribution in [0.3, 0.4) is 0 Å². The number of halogens is 2. The number of nitro groups is 1. The molecule has 1 atom stereocenters. The number of hydrogen-bond acceptors (Lipinski definition) is 4. The minimum absolute atomic E-state index is 0.354. The van der Waals surface area contributed by atoms with Gasteiger partial charge >= 0.3 is 0 Å². The Kier molecular flexibility index (Phi) is 3.73. The molecule has 1 rings (SSSR count). The van der Waals surface area contributed by atoms with Crippen LogP contribution >= 0.6 is 0 Å². The van der Waals surface area contributed by atoms with Gasteiger partial charge in [-0.3, -0.25) is 10.1 Å². The molecule has 0 aliphatic rings. The summed E-state index contributed by atoms with van der Waals surface area (Å²) in [4.78, 5) is 9.74. The van der Waals surface area contributed by atoms with Gasteiger partial charge in [-0.05, 0) is 13.0 Å². The van der Waals surface area contributed by atoms with E-state index in [-0.39, 0.29) is 6.61 Å². The second kappa shape index (κ2) is 4.84. The van der Waals surface area contributed by atoms with E-state index >= 15 is 0 Å². The van der Waals surface area contributed by atoms with Crippen LogP contribution in [0.15, 0.2) is 12.1 Å². The van der Waals surface area contributed by atoms with Crippen molar-refractivity contribution in [3.63, 3.8) is 0 Å². The minimum atomic E-state index is -1.32. The molecule has 1 aromatic carbocycles. The summed E-state index contributed by atoms with van der Waals surface area (Å²) < 4.78 is 26.2. The van der Waals surface area contributed by atoms with Crippen molar-refractivity contribution < 1.29 is 18.8 Å². The average molecular weight is 232 g/mol. The van der Waals surface area contributed by atoms with Gasteiger partial charge in [0, 0.05) is 12.1 Å². The first-order valence-corrected chi connectivity index (χ1v) is 4.47. The first-order valence-electron chi connectivity index (χ1n) is 4.47. The molecule has 5 nitrogen and oxygen atoms in total. The number of nitro benzene ring substituents is 1. The van der Waals surface area contributed by atoms with Gasteiger partial charge in [-0.1, -0.05) is 0 Å². The van der Waals surface area contributed by atoms with Gasteiger partial charge in [0.15, 0.2) is 17.3 Å². The van der Waals surface area contributed by atoms with Gasteiger partial charge in [0.2, 0.25) is 0 Å². The van der Waals surface area contributed by atoms with E-state index in [4.69, 9.17) is 5.11 Å². The SMILES string of the molecule is CC(CO)Nc1c([N+](=O)[O-])ccc(F)c1F. The summed E-state index contributed by atoms with van der Waals surface area (Å²) in [5.41, 5.74) is -1.12. The summed E-state index contributed by atoms with van der Waals surface area (Å²) in [6.45, 7) is 1.13. The molecule has 0 saturated carbocycles. The van der Waals surface area contributed by atoms with Crippen LogP contribution < -0.4 is 5.32 Å². The molecule has 88 valence electrons. The number of nitrogens with one attached hydrogen (secondary N) is 1. The Morgan fingerprint density at radius 1 is 1.56 bits per heavy atom. The molecule has 0 radical (unpaired) electrons. The predicted octanol–water partition coefficient (Wildman–Crippen LogP) is 1.67. The number of anilines is 1. The molecule has 0 aliphatic carbocycles. The third-order valence-corrected chi connectivity index (χ3v) is 1.93. The first kappa shape index (κ1) is 12.3. The normalized spacial score (nSPS) is 12.2. The van der Waals surface area contributed by atoms with E-state index < -0.39 is 34.0 Å². The molecule has 0 aliphatic heterocycles. The van der Waals surface area contributed by atoms with Gasteiger partial charge < -0.3 is 10.4 Å². The smallest absolute Gasteiger partial charge is 0.295 e. The molecule has 1 unspecified atom stereocenters. The molecule has 0 heterocycles. The minimum Gasteiger partial charge on any atom is -0.394 e. The molecule has 1 aromatic rings. The largest absolute Gasteiger partial charge is 0.394 e. The number of nitrogens with zero attached hydrogens (tertiary/aromatic N) is 1. The maximum Gasteiger partial charge on any atom is 0.295 e. The standard InChI is InChI=1S/C9H10F2N2O3/c1-5(4-14)12-9-7(13(15)16)3-2-6(10)8(9)11/h2-3,5,12,14H,4H2,1H3. The fourth-order valence-electron chi connectivity index (χ4n) is 1.12. The van der Waals surface area contributed by atoms with Crippen molar-refractivity contribution in [3.8, 4) is 0 Å². The molecular formula is C9H10F2N2O3. The van der Waals surface area contributed by atoms with Crippen molar-refractivity contribution in [1.29, 1.82) is 0 Å². The van der Waals surface area contributed by atoms with Crippen LogP contribution in [-0.2, 0) is 0 Å². The van der Waals surface area contributed by atoms with E-state index in [2.05, 4.69) is 5.32 Å². The van der Waals surface area contributed by atoms with Crippen molar-refractivity contribution in [2.24, 2.45) is 0 Å². The number of rotatable bonds is 4. The van der Waals surface area contributed by atoms with Crippen LogP contribution in [0.4, 0.5) is 20.2 Å². The molecule has 0 aromatic heterocycles. The number of aliphatic hydroxyl groups is 1. The summed E-state index contributed by atoms with van der Waals surface area (Å²) in [7, 11) is 0. The maximum atomic E-state index is 13.3. The van der Waals surface area contributed by atoms with Crippen LogP contribution in [0.25, 0.3) is 0 Å². The molecule has 0 amide bonds. The summed E-state index contributed by atoms with van der Waals surface area (Å²) in [6, 6.07) is 0.933. The van der Waals surface area contributed by atoms with E-state index in [1.54, 1.807) is 0 Å². The molecule has 7 heteroatoms. The zero-order chi connectivity index (χ0) is 12.3. The fraction of sp³-hybridized carbons (Fsp3) is 0.333. The van der Waals surface area contributed by atoms with Crippen molar-refractivity contribution >= 4 is 11.4 Å². The Bertz CT molecular complexity index is 412. The van der Waals surface area contributed by atoms with Crippen molar-refractivity contribution in [2.75, 3.05) is 11.9 Å². The Morgan fingerprint density at radius 3 is 2.69 bits per heavy atom. The van der Waals surface area contributed by atoms with Crippen molar-refractivity contribution in [1.82, 2.24) is 0 Å². The molecule has 16 heavy (non-hydrogen) atoms. The van der Waals surface area contributed by atoms with Crippen molar-refractivity contribution in [3.05, 3.63) is 33.9 Å². The number of aliphatic hydroxyl groups excluding tert-OH is 1. The Labute approximate surface area is 89.9 Å². The van der Waals surface area contributed by atoms with Crippen LogP contribution in [0, 0.1) is 21.7 Å². The lowest BCUT2D eigenvalue weighted by molar-refractivity contribution is -0.384. The Morgan fingerprint density at radius 2 is 2.19 bits per heavy atom. The predicted molar refractivity (Wildman–Crippen MR) is 53.2 cm³/mol. The highest BCUT2D eigenvalue weighted by Crippen LogP contribution is 2.29. The van der Waals surface area contributed by atoms with Crippen LogP contribution in [0.5, 0.6) is 0 Å². The van der Waals surface area contributed by atoms with E-state index in [9.17, 15) is 18.9 Å². The highest BCUT2D eigenvalue weighted by molar-refractivity contribution is 5.62. The lowest BCUT2D eigenvalue weighted by Crippen LogP contribution is -2.21. The quantitative estimate of drug-likeness (QED) is 0.611. The first-order chi connectivity index (χ1) is 7.47. The third kappa shape index (κ3) is 2.43. The molecule has 0 spiro atoms. The van der Waals surface area contributed by atoms with Crippen molar-refractivity contribution in [2.45, 2.75) is 13.0 Å². The topological polar surface area (TPSA) is 75.4 Å². The average Bonchev–Trinajstić information content (AvgIpc) is 2.24. The summed E-state index contributed by atoms with van der Waals surface area (Å²) in [6.07, 6.45) is 0. The molecule has 0 fully saturated rings. The van der Waals surface area contributed by atoms with Gasteiger partial charge in [0.1, 0.15) is 0 Å². The molecule has 2 N–H and O–H groups in total. The van der Waals surface area contributed by atoms with Crippen LogP contribution in [0.1, 0.15) is 6.92 Å². The maximum absolute atomic E-state index is 13.3. The second-order valence-corrected chi connectivity index (χ2v) is 3.24. The zero-order valence-corrected chi connectivity index (χ0v) is 8.41. The Hall–Kier alpha value is -1.76. The molecule has 0 bridgehead atoms. The van der Waals surface area contributed by atoms with E-state index in [1.807, 2.05) is 0 Å². The highest BCUT2D eigenvalue weighted by Gasteiger charge is 2.22. The van der Waals surface area contributed by atoms with E-state index in [0.717, 1.165) is 6.07 Å². The zero-order valence-electron chi connectivity index (χ0n) is 8.41. The van der Waals surface area contributed by atoms with Gasteiger partial charge in [-0.25, -0.2) is 8.78 Å². The Balaban J connectivity index is 3.21. The second-order valence-electron chi connectivity index (χ2n) is 3.24. The van der Waals surface area contributed by atoms with Gasteiger partial charge in [0.05, 0.1) is 11.5 Å². The van der Waals surface area contributed by atoms with E-state index in [0.29, 0.717) is 6.07 Å². The number of hydrogen-bond donors (Lipinski definition) is 2. The van der Waals surface area contributed by atoms with Crippen LogP contribution in [-0.4, -0.2) is 22.7 Å². The third-order valence-electron chi connectivity index (χ3n) is 1.93. The fourth-order valence-corrected chi connectivity index (χ4v) is 1.12. The molecule has 0 saturated heterocycles.